The maximum absolute atomic E-state index is 12.5. The Labute approximate surface area is 151 Å². The average Bonchev–Trinajstić information content (AvgIpc) is 3.18. The molecule has 1 aromatic rings. The molecule has 1 spiro atoms. The summed E-state index contributed by atoms with van der Waals surface area (Å²) < 4.78 is 5.57. The summed E-state index contributed by atoms with van der Waals surface area (Å²) in [5.41, 5.74) is 2.15. The van der Waals surface area contributed by atoms with Gasteiger partial charge in [0.05, 0.1) is 6.04 Å². The molecule has 3 rings (SSSR count). The maximum atomic E-state index is 12.5. The lowest BCUT2D eigenvalue weighted by Gasteiger charge is -2.36. The number of likely N-dealkylation sites (tertiary alicyclic amines) is 1. The van der Waals surface area contributed by atoms with Crippen molar-refractivity contribution in [3.05, 3.63) is 35.9 Å². The Hall–Kier alpha value is -1.84. The Bertz CT molecular complexity index is 662. The minimum Gasteiger partial charge on any atom is -0.444 e. The molecule has 136 valence electrons. The predicted octanol–water partition coefficient (Wildman–Crippen LogP) is 4.86. The zero-order chi connectivity index (χ0) is 18.2. The van der Waals surface area contributed by atoms with Crippen LogP contribution in [0.25, 0.3) is 0 Å². The first kappa shape index (κ1) is 18.0. The van der Waals surface area contributed by atoms with E-state index < -0.39 is 5.60 Å². The number of amides is 1. The molecule has 1 aromatic carbocycles. The quantitative estimate of drug-likeness (QED) is 0.770. The number of carbonyl (C=O) groups excluding carboxylic acids is 1. The van der Waals surface area contributed by atoms with Crippen molar-refractivity contribution in [2.24, 2.45) is 16.3 Å². The summed E-state index contributed by atoms with van der Waals surface area (Å²) in [5.74, 6) is 0.583. The Morgan fingerprint density at radius 2 is 1.96 bits per heavy atom. The fraction of sp³-hybridized carbons (Fsp3) is 0.619. The minimum atomic E-state index is -0.449. The van der Waals surface area contributed by atoms with Gasteiger partial charge in [-0.1, -0.05) is 37.3 Å². The van der Waals surface area contributed by atoms with Crippen molar-refractivity contribution in [1.29, 1.82) is 0 Å². The third kappa shape index (κ3) is 3.88. The van der Waals surface area contributed by atoms with E-state index in [4.69, 9.17) is 9.73 Å². The topological polar surface area (TPSA) is 41.9 Å². The van der Waals surface area contributed by atoms with Gasteiger partial charge in [-0.2, -0.15) is 0 Å². The fourth-order valence-electron chi connectivity index (χ4n) is 3.83. The third-order valence-electron chi connectivity index (χ3n) is 5.40. The fourth-order valence-corrected chi connectivity index (χ4v) is 3.83. The Balaban J connectivity index is 1.74. The van der Waals surface area contributed by atoms with Crippen LogP contribution in [-0.2, 0) is 4.74 Å². The normalized spacial score (nSPS) is 28.9. The first-order chi connectivity index (χ1) is 11.7. The minimum absolute atomic E-state index is 0.0677. The van der Waals surface area contributed by atoms with Crippen molar-refractivity contribution in [1.82, 2.24) is 4.90 Å². The smallest absolute Gasteiger partial charge is 0.410 e. The van der Waals surface area contributed by atoms with Crippen LogP contribution in [0.1, 0.15) is 59.1 Å². The molecule has 2 fully saturated rings. The van der Waals surface area contributed by atoms with Gasteiger partial charge in [0.15, 0.2) is 0 Å². The molecule has 2 aliphatic rings. The number of aliphatic imine (C=N–C) groups is 1. The summed E-state index contributed by atoms with van der Waals surface area (Å²) in [5, 5.41) is 0. The van der Waals surface area contributed by atoms with Crippen LogP contribution in [0.4, 0.5) is 4.79 Å². The number of ether oxygens (including phenoxy) is 1. The van der Waals surface area contributed by atoms with Gasteiger partial charge in [0.1, 0.15) is 5.60 Å². The van der Waals surface area contributed by atoms with E-state index in [1.54, 1.807) is 0 Å². The van der Waals surface area contributed by atoms with Gasteiger partial charge < -0.3 is 9.64 Å². The molecular weight excluding hydrogens is 312 g/mol. The Morgan fingerprint density at radius 1 is 1.32 bits per heavy atom. The van der Waals surface area contributed by atoms with Crippen molar-refractivity contribution in [3.63, 3.8) is 0 Å². The van der Waals surface area contributed by atoms with Gasteiger partial charge in [0.2, 0.25) is 0 Å². The monoisotopic (exact) mass is 342 g/mol. The largest absolute Gasteiger partial charge is 0.444 e. The van der Waals surface area contributed by atoms with Crippen molar-refractivity contribution >= 4 is 11.8 Å². The summed E-state index contributed by atoms with van der Waals surface area (Å²) >= 11 is 0. The zero-order valence-corrected chi connectivity index (χ0v) is 16.1. The highest BCUT2D eigenvalue weighted by Crippen LogP contribution is 2.56. The molecule has 0 N–H and O–H groups in total. The van der Waals surface area contributed by atoms with Crippen LogP contribution in [0.15, 0.2) is 35.3 Å². The Kier molecular flexibility index (Phi) is 4.65. The molecule has 1 heterocycles. The van der Waals surface area contributed by atoms with E-state index in [9.17, 15) is 4.79 Å². The van der Waals surface area contributed by atoms with Crippen LogP contribution in [0.5, 0.6) is 0 Å². The molecule has 1 saturated heterocycles. The lowest BCUT2D eigenvalue weighted by molar-refractivity contribution is 0.0212. The Morgan fingerprint density at radius 3 is 2.52 bits per heavy atom. The second-order valence-electron chi connectivity index (χ2n) is 8.58. The van der Waals surface area contributed by atoms with Gasteiger partial charge in [-0.15, -0.1) is 0 Å². The van der Waals surface area contributed by atoms with Crippen LogP contribution >= 0.6 is 0 Å². The highest BCUT2D eigenvalue weighted by Gasteiger charge is 2.58. The average molecular weight is 342 g/mol. The molecule has 0 aromatic heterocycles. The molecule has 1 aliphatic heterocycles. The number of hydrogen-bond acceptors (Lipinski definition) is 3. The van der Waals surface area contributed by atoms with E-state index in [-0.39, 0.29) is 17.6 Å². The molecule has 1 saturated carbocycles. The van der Waals surface area contributed by atoms with Gasteiger partial charge in [-0.3, -0.25) is 4.99 Å². The zero-order valence-electron chi connectivity index (χ0n) is 16.1. The van der Waals surface area contributed by atoms with E-state index >= 15 is 0 Å². The summed E-state index contributed by atoms with van der Waals surface area (Å²) in [6.45, 7) is 11.6. The van der Waals surface area contributed by atoms with Gasteiger partial charge >= 0.3 is 6.09 Å². The highest BCUT2D eigenvalue weighted by atomic mass is 16.6. The summed E-state index contributed by atoms with van der Waals surface area (Å²) in [6, 6.07) is 10.6. The number of benzene rings is 1. The molecule has 4 nitrogen and oxygen atoms in total. The molecule has 1 aliphatic carbocycles. The van der Waals surface area contributed by atoms with Crippen molar-refractivity contribution < 1.29 is 9.53 Å². The van der Waals surface area contributed by atoms with E-state index in [2.05, 4.69) is 38.1 Å². The molecule has 2 unspecified atom stereocenters. The van der Waals surface area contributed by atoms with Crippen LogP contribution in [-0.4, -0.2) is 35.4 Å². The molecule has 0 bridgehead atoms. The van der Waals surface area contributed by atoms with Crippen LogP contribution in [0.3, 0.4) is 0 Å². The number of carbonyl (C=O) groups is 1. The first-order valence-corrected chi connectivity index (χ1v) is 9.31. The van der Waals surface area contributed by atoms with E-state index in [1.165, 1.54) is 11.3 Å². The third-order valence-corrected chi connectivity index (χ3v) is 5.40. The van der Waals surface area contributed by atoms with Crippen molar-refractivity contribution in [3.8, 4) is 0 Å². The van der Waals surface area contributed by atoms with Crippen LogP contribution in [0, 0.1) is 11.3 Å². The van der Waals surface area contributed by atoms with Crippen LogP contribution < -0.4 is 0 Å². The van der Waals surface area contributed by atoms with E-state index in [0.717, 1.165) is 19.4 Å². The van der Waals surface area contributed by atoms with Crippen LogP contribution in [0.2, 0.25) is 0 Å². The maximum Gasteiger partial charge on any atom is 0.410 e. The highest BCUT2D eigenvalue weighted by molar-refractivity contribution is 5.95. The second-order valence-corrected chi connectivity index (χ2v) is 8.58. The number of hydrogen-bond donors (Lipinski definition) is 0. The molecular formula is C21H30N2O2. The molecule has 4 heteroatoms. The summed E-state index contributed by atoms with van der Waals surface area (Å²) in [4.78, 5) is 19.4. The molecule has 3 atom stereocenters. The SMILES string of the molecule is CC1CC12CN(C(=O)OC(C)(C)C)CCC2=N[C@@H](C)c1ccccc1. The first-order valence-electron chi connectivity index (χ1n) is 9.31. The predicted molar refractivity (Wildman–Crippen MR) is 101 cm³/mol. The number of nitrogens with zero attached hydrogens (tertiary/aromatic N) is 2. The van der Waals surface area contributed by atoms with Gasteiger partial charge in [-0.25, -0.2) is 4.79 Å². The molecule has 1 amide bonds. The second kappa shape index (κ2) is 6.47. The molecule has 25 heavy (non-hydrogen) atoms. The van der Waals surface area contributed by atoms with E-state index in [1.807, 2.05) is 31.7 Å². The van der Waals surface area contributed by atoms with Crippen molar-refractivity contribution in [2.75, 3.05) is 13.1 Å². The summed E-state index contributed by atoms with van der Waals surface area (Å²) in [6.07, 6.45) is 1.77. The van der Waals surface area contributed by atoms with Gasteiger partial charge in [-0.05, 0) is 45.6 Å². The standard InChI is InChI=1S/C21H30N2O2/c1-15-13-21(15)14-23(19(24)25-20(3,4)5)12-11-18(21)22-16(2)17-9-7-6-8-10-17/h6-10,15-16H,11-14H2,1-5H3/t15?,16-,21?/m0/s1. The van der Waals surface area contributed by atoms with Gasteiger partial charge in [0.25, 0.3) is 0 Å². The lowest BCUT2D eigenvalue weighted by atomic mass is 9.89. The lowest BCUT2D eigenvalue weighted by Crippen LogP contribution is -2.47. The summed E-state index contributed by atoms with van der Waals surface area (Å²) in [7, 11) is 0. The number of rotatable bonds is 2. The van der Waals surface area contributed by atoms with E-state index in [0.29, 0.717) is 12.5 Å². The molecule has 0 radical (unpaired) electrons. The van der Waals surface area contributed by atoms with Crippen molar-refractivity contribution in [2.45, 2.75) is 59.1 Å². The van der Waals surface area contributed by atoms with Gasteiger partial charge in [0, 0.05) is 30.6 Å². The number of piperidine rings is 1.